The monoisotopic (exact) mass is 219 g/mol. The summed E-state index contributed by atoms with van der Waals surface area (Å²) in [6.45, 7) is 4.71. The van der Waals surface area contributed by atoms with Gasteiger partial charge in [-0.15, -0.1) is 0 Å². The summed E-state index contributed by atoms with van der Waals surface area (Å²) in [4.78, 5) is 14.3. The van der Waals surface area contributed by atoms with Gasteiger partial charge in [-0.3, -0.25) is 4.79 Å². The van der Waals surface area contributed by atoms with E-state index in [4.69, 9.17) is 4.74 Å². The summed E-state index contributed by atoms with van der Waals surface area (Å²) in [7, 11) is 3.64. The number of methoxy groups -OCH3 is 1. The number of anilines is 1. The summed E-state index contributed by atoms with van der Waals surface area (Å²) in [6.07, 6.45) is 0. The van der Waals surface area contributed by atoms with Crippen LogP contribution in [0.5, 0.6) is 5.75 Å². The fourth-order valence-electron chi connectivity index (χ4n) is 2.26. The molecule has 0 aromatic heterocycles. The molecule has 1 aliphatic rings. The zero-order valence-corrected chi connectivity index (χ0v) is 10.2. The van der Waals surface area contributed by atoms with E-state index in [9.17, 15) is 4.79 Å². The minimum absolute atomic E-state index is 0.211. The molecule has 0 spiro atoms. The highest BCUT2D eigenvalue weighted by Gasteiger charge is 2.36. The molecule has 1 aromatic carbocycles. The molecule has 1 aliphatic heterocycles. The van der Waals surface area contributed by atoms with E-state index in [2.05, 4.69) is 4.90 Å². The summed E-state index contributed by atoms with van der Waals surface area (Å²) in [5.41, 5.74) is 1.44. The number of fused-ring (bicyclic) bond motifs is 1. The summed E-state index contributed by atoms with van der Waals surface area (Å²) in [5, 5.41) is 0. The highest BCUT2D eigenvalue weighted by Crippen LogP contribution is 2.37. The van der Waals surface area contributed by atoms with Gasteiger partial charge in [-0.25, -0.2) is 0 Å². The molecule has 16 heavy (non-hydrogen) atoms. The van der Waals surface area contributed by atoms with E-state index in [1.807, 2.05) is 39.1 Å². The maximum atomic E-state index is 12.2. The lowest BCUT2D eigenvalue weighted by molar-refractivity contribution is 0.0836. The first-order valence-corrected chi connectivity index (χ1v) is 5.40. The Labute approximate surface area is 96.0 Å². The molecule has 0 saturated carbocycles. The molecule has 3 heteroatoms. The number of rotatable bonds is 1. The maximum absolute atomic E-state index is 12.2. The van der Waals surface area contributed by atoms with Crippen LogP contribution in [0.4, 0.5) is 5.69 Å². The molecule has 1 heterocycles. The fraction of sp³-hybridized carbons (Fsp3) is 0.462. The van der Waals surface area contributed by atoms with Crippen molar-refractivity contribution in [2.45, 2.75) is 13.8 Å². The second-order valence-corrected chi connectivity index (χ2v) is 4.95. The Hall–Kier alpha value is -1.51. The summed E-state index contributed by atoms with van der Waals surface area (Å²) in [5.74, 6) is 1.00. The zero-order valence-electron chi connectivity index (χ0n) is 10.2. The molecule has 0 atom stereocenters. The van der Waals surface area contributed by atoms with Crippen molar-refractivity contribution in [3.63, 3.8) is 0 Å². The van der Waals surface area contributed by atoms with Gasteiger partial charge in [0.1, 0.15) is 5.75 Å². The van der Waals surface area contributed by atoms with Gasteiger partial charge in [0.05, 0.1) is 12.8 Å². The van der Waals surface area contributed by atoms with Crippen LogP contribution in [0.15, 0.2) is 18.2 Å². The molecule has 0 amide bonds. The van der Waals surface area contributed by atoms with Crippen LogP contribution in [0.3, 0.4) is 0 Å². The molecule has 0 fully saturated rings. The Morgan fingerprint density at radius 1 is 1.38 bits per heavy atom. The number of hydrogen-bond acceptors (Lipinski definition) is 3. The minimum Gasteiger partial charge on any atom is -0.497 e. The third kappa shape index (κ3) is 1.56. The van der Waals surface area contributed by atoms with Gasteiger partial charge in [-0.05, 0) is 12.1 Å². The molecule has 0 unspecified atom stereocenters. The first-order chi connectivity index (χ1) is 7.45. The largest absolute Gasteiger partial charge is 0.497 e. The number of benzene rings is 1. The predicted octanol–water partition coefficient (Wildman–Crippen LogP) is 2.35. The van der Waals surface area contributed by atoms with Crippen LogP contribution in [0, 0.1) is 5.41 Å². The van der Waals surface area contributed by atoms with E-state index in [-0.39, 0.29) is 11.2 Å². The molecule has 86 valence electrons. The van der Waals surface area contributed by atoms with Crippen LogP contribution < -0.4 is 9.64 Å². The molecule has 2 rings (SSSR count). The molecule has 1 aromatic rings. The number of ketones is 1. The van der Waals surface area contributed by atoms with Crippen LogP contribution in [-0.2, 0) is 0 Å². The molecule has 0 aliphatic carbocycles. The van der Waals surface area contributed by atoms with Crippen molar-refractivity contribution in [2.75, 3.05) is 25.6 Å². The van der Waals surface area contributed by atoms with Crippen molar-refractivity contribution in [3.8, 4) is 5.75 Å². The molecular weight excluding hydrogens is 202 g/mol. The number of ether oxygens (including phenoxy) is 1. The van der Waals surface area contributed by atoms with Crippen molar-refractivity contribution in [2.24, 2.45) is 5.41 Å². The quantitative estimate of drug-likeness (QED) is 0.726. The second-order valence-electron chi connectivity index (χ2n) is 4.95. The van der Waals surface area contributed by atoms with E-state index < -0.39 is 0 Å². The predicted molar refractivity (Wildman–Crippen MR) is 64.4 cm³/mol. The molecular formula is C13H17NO2. The zero-order chi connectivity index (χ0) is 11.9. The Kier molecular flexibility index (Phi) is 2.41. The van der Waals surface area contributed by atoms with Crippen LogP contribution in [-0.4, -0.2) is 26.5 Å². The Morgan fingerprint density at radius 2 is 2.06 bits per heavy atom. The molecule has 0 radical (unpaired) electrons. The van der Waals surface area contributed by atoms with Gasteiger partial charge in [0.25, 0.3) is 0 Å². The number of hydrogen-bond donors (Lipinski definition) is 0. The third-order valence-electron chi connectivity index (χ3n) is 3.11. The molecule has 0 saturated heterocycles. The second kappa shape index (κ2) is 3.51. The Balaban J connectivity index is 2.54. The average molecular weight is 219 g/mol. The van der Waals surface area contributed by atoms with Crippen molar-refractivity contribution in [3.05, 3.63) is 23.8 Å². The van der Waals surface area contributed by atoms with Crippen LogP contribution in [0.1, 0.15) is 24.2 Å². The van der Waals surface area contributed by atoms with Crippen LogP contribution in [0.25, 0.3) is 0 Å². The third-order valence-corrected chi connectivity index (χ3v) is 3.11. The maximum Gasteiger partial charge on any atom is 0.172 e. The van der Waals surface area contributed by atoms with Gasteiger partial charge in [0.2, 0.25) is 0 Å². The van der Waals surface area contributed by atoms with Crippen molar-refractivity contribution in [1.29, 1.82) is 0 Å². The van der Waals surface area contributed by atoms with Crippen molar-refractivity contribution >= 4 is 11.5 Å². The number of Topliss-reactive ketones (excluding diaryl/α,β-unsaturated/α-hetero) is 1. The topological polar surface area (TPSA) is 29.5 Å². The van der Waals surface area contributed by atoms with Gasteiger partial charge >= 0.3 is 0 Å². The fourth-order valence-corrected chi connectivity index (χ4v) is 2.26. The van der Waals surface area contributed by atoms with Gasteiger partial charge in [-0.2, -0.15) is 0 Å². The van der Waals surface area contributed by atoms with Gasteiger partial charge in [0.15, 0.2) is 5.78 Å². The lowest BCUT2D eigenvalue weighted by atomic mass is 9.80. The smallest absolute Gasteiger partial charge is 0.172 e. The summed E-state index contributed by atoms with van der Waals surface area (Å²) < 4.78 is 5.18. The first-order valence-electron chi connectivity index (χ1n) is 5.40. The van der Waals surface area contributed by atoms with E-state index in [1.165, 1.54) is 0 Å². The number of carbonyl (C=O) groups excluding carboxylic acids is 1. The summed E-state index contributed by atoms with van der Waals surface area (Å²) in [6, 6.07) is 5.61. The number of nitrogens with zero attached hydrogens (tertiary/aromatic N) is 1. The molecule has 3 nitrogen and oxygen atoms in total. The van der Waals surface area contributed by atoms with Crippen LogP contribution in [0.2, 0.25) is 0 Å². The standard InChI is InChI=1S/C13H17NO2/c1-13(2)8-14(3)11-7-9(16-4)5-6-10(11)12(13)15/h5-7H,8H2,1-4H3. The van der Waals surface area contributed by atoms with E-state index >= 15 is 0 Å². The van der Waals surface area contributed by atoms with Crippen LogP contribution >= 0.6 is 0 Å². The summed E-state index contributed by atoms with van der Waals surface area (Å²) >= 11 is 0. The van der Waals surface area contributed by atoms with E-state index in [1.54, 1.807) is 7.11 Å². The van der Waals surface area contributed by atoms with E-state index in [0.29, 0.717) is 0 Å². The highest BCUT2D eigenvalue weighted by atomic mass is 16.5. The lowest BCUT2D eigenvalue weighted by Gasteiger charge is -2.37. The number of carbonyl (C=O) groups is 1. The van der Waals surface area contributed by atoms with Gasteiger partial charge in [-0.1, -0.05) is 13.8 Å². The van der Waals surface area contributed by atoms with Crippen molar-refractivity contribution < 1.29 is 9.53 Å². The normalized spacial score (nSPS) is 18.2. The van der Waals surface area contributed by atoms with Gasteiger partial charge in [0, 0.05) is 30.6 Å². The Bertz CT molecular complexity index is 438. The Morgan fingerprint density at radius 3 is 2.69 bits per heavy atom. The highest BCUT2D eigenvalue weighted by molar-refractivity contribution is 6.07. The SMILES string of the molecule is COc1ccc2c(c1)N(C)CC(C)(C)C2=O. The average Bonchev–Trinajstić information content (AvgIpc) is 2.25. The molecule has 0 bridgehead atoms. The first kappa shape index (κ1) is 11.0. The lowest BCUT2D eigenvalue weighted by Crippen LogP contribution is -2.42. The van der Waals surface area contributed by atoms with E-state index in [0.717, 1.165) is 23.5 Å². The van der Waals surface area contributed by atoms with Gasteiger partial charge < -0.3 is 9.64 Å². The molecule has 0 N–H and O–H groups in total. The minimum atomic E-state index is -0.309. The van der Waals surface area contributed by atoms with Crippen molar-refractivity contribution in [1.82, 2.24) is 0 Å².